The maximum Gasteiger partial charge on any atom is 0.154 e. The molecule has 1 saturated heterocycles. The van der Waals surface area contributed by atoms with Gasteiger partial charge in [-0.25, -0.2) is 8.42 Å². The molecule has 1 N–H and O–H groups in total. The molecule has 6 heteroatoms. The predicted molar refractivity (Wildman–Crippen MR) is 92.4 cm³/mol. The fraction of sp³-hybridized carbons (Fsp3) is 0.444. The van der Waals surface area contributed by atoms with Crippen LogP contribution in [-0.4, -0.2) is 48.6 Å². The number of sulfone groups is 1. The first kappa shape index (κ1) is 17.2. The van der Waals surface area contributed by atoms with E-state index in [1.165, 1.54) is 11.1 Å². The molecule has 1 aliphatic heterocycles. The van der Waals surface area contributed by atoms with Gasteiger partial charge in [-0.3, -0.25) is 4.90 Å². The first-order valence-electron chi connectivity index (χ1n) is 8.13. The lowest BCUT2D eigenvalue weighted by Gasteiger charge is -2.29. The zero-order valence-corrected chi connectivity index (χ0v) is 14.6. The first-order chi connectivity index (χ1) is 11.4. The quantitative estimate of drug-likeness (QED) is 0.861. The number of hydrogen-bond donors (Lipinski definition) is 1. The van der Waals surface area contributed by atoms with Crippen LogP contribution in [0.1, 0.15) is 16.9 Å². The zero-order chi connectivity index (χ0) is 17.2. The van der Waals surface area contributed by atoms with Gasteiger partial charge < -0.3 is 9.52 Å². The van der Waals surface area contributed by atoms with Crippen molar-refractivity contribution in [3.05, 3.63) is 59.5 Å². The summed E-state index contributed by atoms with van der Waals surface area (Å²) in [5, 5.41) is 10.2. The van der Waals surface area contributed by atoms with Crippen molar-refractivity contribution in [1.29, 1.82) is 0 Å². The second-order valence-corrected chi connectivity index (χ2v) is 8.65. The highest BCUT2D eigenvalue weighted by Gasteiger charge is 2.40. The Bertz CT molecular complexity index is 753. The molecule has 1 fully saturated rings. The maximum atomic E-state index is 11.9. The summed E-state index contributed by atoms with van der Waals surface area (Å²) in [7, 11) is -3.18. The van der Waals surface area contributed by atoms with E-state index >= 15 is 0 Å². The number of benzene rings is 1. The van der Waals surface area contributed by atoms with Crippen molar-refractivity contribution in [2.75, 3.05) is 18.1 Å². The first-order valence-corrected chi connectivity index (χ1v) is 9.95. The lowest BCUT2D eigenvalue weighted by molar-refractivity contribution is 0.0744. The van der Waals surface area contributed by atoms with E-state index in [9.17, 15) is 13.5 Å². The third-order valence-corrected chi connectivity index (χ3v) is 6.21. The molecule has 1 aromatic heterocycles. The Labute approximate surface area is 142 Å². The Kier molecular flexibility index (Phi) is 5.08. The topological polar surface area (TPSA) is 70.8 Å². The summed E-state index contributed by atoms with van der Waals surface area (Å²) >= 11 is 0. The summed E-state index contributed by atoms with van der Waals surface area (Å²) in [6, 6.07) is 11.6. The Hall–Kier alpha value is -1.63. The fourth-order valence-electron chi connectivity index (χ4n) is 3.15. The van der Waals surface area contributed by atoms with E-state index in [2.05, 4.69) is 24.3 Å². The van der Waals surface area contributed by atoms with Crippen LogP contribution in [0.2, 0.25) is 0 Å². The third kappa shape index (κ3) is 4.26. The number of aliphatic hydroxyl groups is 1. The minimum Gasteiger partial charge on any atom is -0.468 e. The zero-order valence-electron chi connectivity index (χ0n) is 13.8. The van der Waals surface area contributed by atoms with Crippen LogP contribution in [0.25, 0.3) is 0 Å². The molecule has 24 heavy (non-hydrogen) atoms. The van der Waals surface area contributed by atoms with E-state index < -0.39 is 15.9 Å². The number of hydrogen-bond acceptors (Lipinski definition) is 5. The van der Waals surface area contributed by atoms with Gasteiger partial charge in [0.2, 0.25) is 0 Å². The third-order valence-electron chi connectivity index (χ3n) is 4.51. The van der Waals surface area contributed by atoms with E-state index in [0.717, 1.165) is 12.2 Å². The second-order valence-electron chi connectivity index (χ2n) is 6.50. The maximum absolute atomic E-state index is 11.9. The summed E-state index contributed by atoms with van der Waals surface area (Å²) < 4.78 is 29.1. The number of aliphatic hydroxyl groups excluding tert-OH is 1. The molecule has 1 aromatic carbocycles. The lowest BCUT2D eigenvalue weighted by atomic mass is 10.1. The van der Waals surface area contributed by atoms with Crippen molar-refractivity contribution in [3.8, 4) is 0 Å². The summed E-state index contributed by atoms with van der Waals surface area (Å²) in [6.45, 7) is 3.21. The van der Waals surface area contributed by atoms with E-state index in [1.807, 2.05) is 24.0 Å². The van der Waals surface area contributed by atoms with Crippen LogP contribution in [0.4, 0.5) is 0 Å². The highest BCUT2D eigenvalue weighted by Crippen LogP contribution is 2.21. The normalized spacial score (nSPS) is 23.0. The van der Waals surface area contributed by atoms with E-state index in [-0.39, 0.29) is 17.5 Å². The van der Waals surface area contributed by atoms with E-state index in [0.29, 0.717) is 13.1 Å². The van der Waals surface area contributed by atoms with Gasteiger partial charge in [0, 0.05) is 6.54 Å². The fourth-order valence-corrected chi connectivity index (χ4v) is 4.98. The van der Waals surface area contributed by atoms with Crippen LogP contribution in [0, 0.1) is 6.92 Å². The smallest absolute Gasteiger partial charge is 0.154 e. The van der Waals surface area contributed by atoms with Crippen molar-refractivity contribution in [2.24, 2.45) is 0 Å². The standard InChI is InChI=1S/C18H23NO4S/c1-14-4-6-15(7-5-14)8-9-19(11-16-3-2-10-23-16)17-12-24(21,22)13-18(17)20/h2-7,10,17-18,20H,8-9,11-13H2,1H3. The van der Waals surface area contributed by atoms with Gasteiger partial charge >= 0.3 is 0 Å². The molecule has 5 nitrogen and oxygen atoms in total. The molecule has 2 atom stereocenters. The summed E-state index contributed by atoms with van der Waals surface area (Å²) in [4.78, 5) is 2.02. The van der Waals surface area contributed by atoms with E-state index in [4.69, 9.17) is 4.42 Å². The van der Waals surface area contributed by atoms with Crippen LogP contribution in [0.15, 0.2) is 47.1 Å². The number of furan rings is 1. The monoisotopic (exact) mass is 349 g/mol. The van der Waals surface area contributed by atoms with Crippen molar-refractivity contribution in [2.45, 2.75) is 32.0 Å². The lowest BCUT2D eigenvalue weighted by Crippen LogP contribution is -2.43. The molecule has 1 aliphatic rings. The molecule has 2 heterocycles. The molecule has 2 aromatic rings. The van der Waals surface area contributed by atoms with Crippen molar-refractivity contribution in [1.82, 2.24) is 4.90 Å². The molecule has 0 spiro atoms. The van der Waals surface area contributed by atoms with Gasteiger partial charge in [0.05, 0.1) is 36.5 Å². The average Bonchev–Trinajstić information content (AvgIpc) is 3.12. The Morgan fingerprint density at radius 1 is 1.21 bits per heavy atom. The van der Waals surface area contributed by atoms with Gasteiger partial charge in [0.15, 0.2) is 9.84 Å². The van der Waals surface area contributed by atoms with Gasteiger partial charge in [-0.05, 0) is 31.0 Å². The minimum absolute atomic E-state index is 0.00275. The van der Waals surface area contributed by atoms with Crippen molar-refractivity contribution in [3.63, 3.8) is 0 Å². The molecule has 130 valence electrons. The van der Waals surface area contributed by atoms with Crippen molar-refractivity contribution < 1.29 is 17.9 Å². The molecule has 0 saturated carbocycles. The van der Waals surface area contributed by atoms with Crippen LogP contribution in [-0.2, 0) is 22.8 Å². The second kappa shape index (κ2) is 7.09. The van der Waals surface area contributed by atoms with Crippen molar-refractivity contribution >= 4 is 9.84 Å². The van der Waals surface area contributed by atoms with Gasteiger partial charge in [-0.2, -0.15) is 0 Å². The van der Waals surface area contributed by atoms with Gasteiger partial charge in [0.25, 0.3) is 0 Å². The molecule has 0 aliphatic carbocycles. The van der Waals surface area contributed by atoms with Gasteiger partial charge in [0.1, 0.15) is 5.76 Å². The molecule has 2 unspecified atom stereocenters. The average molecular weight is 349 g/mol. The predicted octanol–water partition coefficient (Wildman–Crippen LogP) is 1.79. The molecular weight excluding hydrogens is 326 g/mol. The molecule has 0 amide bonds. The molecule has 0 bridgehead atoms. The highest BCUT2D eigenvalue weighted by atomic mass is 32.2. The van der Waals surface area contributed by atoms with E-state index in [1.54, 1.807) is 6.26 Å². The summed E-state index contributed by atoms with van der Waals surface area (Å²) in [6.07, 6.45) is 1.56. The number of nitrogens with zero attached hydrogens (tertiary/aromatic N) is 1. The van der Waals surface area contributed by atoms with Gasteiger partial charge in [-0.1, -0.05) is 29.8 Å². The minimum atomic E-state index is -3.18. The molecule has 0 radical (unpaired) electrons. The molecular formula is C18H23NO4S. The Morgan fingerprint density at radius 2 is 1.96 bits per heavy atom. The van der Waals surface area contributed by atoms with Crippen LogP contribution in [0.5, 0.6) is 0 Å². The van der Waals surface area contributed by atoms with Crippen LogP contribution < -0.4 is 0 Å². The van der Waals surface area contributed by atoms with Gasteiger partial charge in [-0.15, -0.1) is 0 Å². The Balaban J connectivity index is 1.73. The SMILES string of the molecule is Cc1ccc(CCN(Cc2ccco2)C2CS(=O)(=O)CC2O)cc1. The number of aryl methyl sites for hydroxylation is 1. The van der Waals surface area contributed by atoms with Crippen LogP contribution >= 0.6 is 0 Å². The Morgan fingerprint density at radius 3 is 2.54 bits per heavy atom. The molecule has 3 rings (SSSR count). The summed E-state index contributed by atoms with van der Waals surface area (Å²) in [5.74, 6) is 0.620. The largest absolute Gasteiger partial charge is 0.468 e. The highest BCUT2D eigenvalue weighted by molar-refractivity contribution is 7.91. The summed E-state index contributed by atoms with van der Waals surface area (Å²) in [5.41, 5.74) is 2.41. The van der Waals surface area contributed by atoms with Crippen LogP contribution in [0.3, 0.4) is 0 Å². The number of rotatable bonds is 6.